The Morgan fingerprint density at radius 3 is 2.25 bits per heavy atom. The Bertz CT molecular complexity index is 950. The van der Waals surface area contributed by atoms with E-state index in [1.165, 1.54) is 44.9 Å². The van der Waals surface area contributed by atoms with Gasteiger partial charge in [0.2, 0.25) is 0 Å². The van der Waals surface area contributed by atoms with Crippen molar-refractivity contribution in [2.45, 2.75) is 58.3 Å². The smallest absolute Gasteiger partial charge is 0.159 e. The quantitative estimate of drug-likeness (QED) is 0.266. The Labute approximate surface area is 192 Å². The molecule has 1 aliphatic rings. The molecule has 0 bridgehead atoms. The van der Waals surface area contributed by atoms with E-state index >= 15 is 0 Å². The first kappa shape index (κ1) is 22.3. The molecule has 0 amide bonds. The predicted octanol–water partition coefficient (Wildman–Crippen LogP) is 7.34. The number of ether oxygens (including phenoxy) is 2. The molecule has 3 aromatic rings. The molecule has 4 heteroatoms. The molecule has 4 nitrogen and oxygen atoms in total. The molecule has 1 aromatic heterocycles. The van der Waals surface area contributed by atoms with Gasteiger partial charge in [-0.2, -0.15) is 0 Å². The summed E-state index contributed by atoms with van der Waals surface area (Å²) in [4.78, 5) is 9.18. The van der Waals surface area contributed by atoms with Crippen LogP contribution in [0.3, 0.4) is 0 Å². The summed E-state index contributed by atoms with van der Waals surface area (Å²) in [5.41, 5.74) is 3.06. The van der Waals surface area contributed by atoms with Crippen LogP contribution in [0.25, 0.3) is 22.5 Å². The van der Waals surface area contributed by atoms with Crippen LogP contribution in [0.1, 0.15) is 58.3 Å². The van der Waals surface area contributed by atoms with Crippen molar-refractivity contribution >= 4 is 0 Å². The minimum atomic E-state index is 0.713. The fourth-order valence-electron chi connectivity index (χ4n) is 3.67. The zero-order valence-corrected chi connectivity index (χ0v) is 19.1. The van der Waals surface area contributed by atoms with Crippen LogP contribution in [-0.2, 0) is 0 Å². The molecule has 1 fully saturated rings. The van der Waals surface area contributed by atoms with Gasteiger partial charge in [0.15, 0.2) is 5.82 Å². The Morgan fingerprint density at radius 2 is 1.50 bits per heavy atom. The first-order valence-electron chi connectivity index (χ1n) is 12.1. The van der Waals surface area contributed by atoms with Crippen LogP contribution in [0.4, 0.5) is 0 Å². The molecule has 32 heavy (non-hydrogen) atoms. The van der Waals surface area contributed by atoms with E-state index in [1.54, 1.807) is 0 Å². The van der Waals surface area contributed by atoms with Crippen molar-refractivity contribution in [2.24, 2.45) is 5.92 Å². The van der Waals surface area contributed by atoms with Crippen LogP contribution in [0, 0.1) is 5.92 Å². The van der Waals surface area contributed by atoms with E-state index in [0.717, 1.165) is 53.7 Å². The molecule has 2 aromatic carbocycles. The van der Waals surface area contributed by atoms with Gasteiger partial charge in [0.25, 0.3) is 0 Å². The standard InChI is InChI=1S/C28H34N2O2/c1-2-3-4-5-6-7-17-31-26-15-13-23(14-16-26)25-19-29-28(30-20-25)24-9-8-10-27(18-24)32-21-22-11-12-22/h8-10,13-16,18-20,22H,2-7,11-12,17,21H2,1H3. The van der Waals surface area contributed by atoms with Crippen LogP contribution in [0.15, 0.2) is 60.9 Å². The van der Waals surface area contributed by atoms with Gasteiger partial charge in [-0.3, -0.25) is 0 Å². The highest BCUT2D eigenvalue weighted by Crippen LogP contribution is 2.30. The van der Waals surface area contributed by atoms with Crippen molar-refractivity contribution in [3.8, 4) is 34.0 Å². The number of aromatic nitrogens is 2. The second-order valence-corrected chi connectivity index (χ2v) is 8.72. The van der Waals surface area contributed by atoms with Gasteiger partial charge in [0, 0.05) is 23.5 Å². The first-order valence-corrected chi connectivity index (χ1v) is 12.1. The highest BCUT2D eigenvalue weighted by Gasteiger charge is 2.21. The monoisotopic (exact) mass is 430 g/mol. The minimum Gasteiger partial charge on any atom is -0.494 e. The number of unbranched alkanes of at least 4 members (excludes halogenated alkanes) is 5. The summed E-state index contributed by atoms with van der Waals surface area (Å²) in [5.74, 6) is 3.26. The molecule has 1 saturated carbocycles. The molecular formula is C28H34N2O2. The summed E-state index contributed by atoms with van der Waals surface area (Å²) in [5, 5.41) is 0. The Hall–Kier alpha value is -2.88. The molecule has 168 valence electrons. The first-order chi connectivity index (χ1) is 15.8. The summed E-state index contributed by atoms with van der Waals surface area (Å²) in [6.07, 6.45) is 14.0. The van der Waals surface area contributed by atoms with Gasteiger partial charge < -0.3 is 9.47 Å². The summed E-state index contributed by atoms with van der Waals surface area (Å²) in [6, 6.07) is 16.2. The van der Waals surface area contributed by atoms with Crippen LogP contribution in [0.5, 0.6) is 11.5 Å². The molecule has 4 rings (SSSR count). The third-order valence-corrected chi connectivity index (χ3v) is 5.88. The molecule has 0 unspecified atom stereocenters. The summed E-state index contributed by atoms with van der Waals surface area (Å²) >= 11 is 0. The fraction of sp³-hybridized carbons (Fsp3) is 0.429. The van der Waals surface area contributed by atoms with Gasteiger partial charge in [0.05, 0.1) is 13.2 Å². The summed E-state index contributed by atoms with van der Waals surface area (Å²) in [6.45, 7) is 3.84. The normalized spacial score (nSPS) is 13.2. The second-order valence-electron chi connectivity index (χ2n) is 8.72. The molecular weight excluding hydrogens is 396 g/mol. The van der Waals surface area contributed by atoms with Crippen LogP contribution < -0.4 is 9.47 Å². The molecule has 1 aliphatic carbocycles. The highest BCUT2D eigenvalue weighted by molar-refractivity contribution is 5.64. The maximum Gasteiger partial charge on any atom is 0.159 e. The lowest BCUT2D eigenvalue weighted by Gasteiger charge is -2.08. The van der Waals surface area contributed by atoms with Gasteiger partial charge >= 0.3 is 0 Å². The summed E-state index contributed by atoms with van der Waals surface area (Å²) in [7, 11) is 0. The van der Waals surface area contributed by atoms with Gasteiger partial charge in [-0.05, 0) is 55.0 Å². The van der Waals surface area contributed by atoms with Crippen LogP contribution in [-0.4, -0.2) is 23.2 Å². The largest absolute Gasteiger partial charge is 0.494 e. The van der Waals surface area contributed by atoms with Crippen molar-refractivity contribution < 1.29 is 9.47 Å². The van der Waals surface area contributed by atoms with Crippen molar-refractivity contribution in [1.29, 1.82) is 0 Å². The van der Waals surface area contributed by atoms with Crippen molar-refractivity contribution in [1.82, 2.24) is 9.97 Å². The average Bonchev–Trinajstić information content (AvgIpc) is 3.68. The number of nitrogens with zero attached hydrogens (tertiary/aromatic N) is 2. The van der Waals surface area contributed by atoms with E-state index in [9.17, 15) is 0 Å². The zero-order valence-electron chi connectivity index (χ0n) is 19.1. The molecule has 0 N–H and O–H groups in total. The summed E-state index contributed by atoms with van der Waals surface area (Å²) < 4.78 is 11.8. The van der Waals surface area contributed by atoms with Crippen LogP contribution in [0.2, 0.25) is 0 Å². The lowest BCUT2D eigenvalue weighted by atomic mass is 10.1. The van der Waals surface area contributed by atoms with E-state index in [1.807, 2.05) is 48.8 Å². The molecule has 1 heterocycles. The van der Waals surface area contributed by atoms with Gasteiger partial charge in [0.1, 0.15) is 11.5 Å². The minimum absolute atomic E-state index is 0.713. The van der Waals surface area contributed by atoms with E-state index in [4.69, 9.17) is 9.47 Å². The SMILES string of the molecule is CCCCCCCCOc1ccc(-c2cnc(-c3cccc(OCC4CC4)c3)nc2)cc1. The fourth-order valence-corrected chi connectivity index (χ4v) is 3.67. The number of benzene rings is 2. The third kappa shape index (κ3) is 6.81. The maximum absolute atomic E-state index is 5.89. The maximum atomic E-state index is 5.89. The third-order valence-electron chi connectivity index (χ3n) is 5.88. The number of rotatable bonds is 13. The van der Waals surface area contributed by atoms with Crippen molar-refractivity contribution in [3.63, 3.8) is 0 Å². The Morgan fingerprint density at radius 1 is 0.750 bits per heavy atom. The molecule has 0 saturated heterocycles. The molecule has 0 aliphatic heterocycles. The van der Waals surface area contributed by atoms with Crippen molar-refractivity contribution in [3.05, 3.63) is 60.9 Å². The topological polar surface area (TPSA) is 44.2 Å². The predicted molar refractivity (Wildman–Crippen MR) is 130 cm³/mol. The Balaban J connectivity index is 1.28. The molecule has 0 spiro atoms. The van der Waals surface area contributed by atoms with E-state index in [0.29, 0.717) is 5.82 Å². The molecule has 0 atom stereocenters. The average molecular weight is 431 g/mol. The van der Waals surface area contributed by atoms with E-state index in [-0.39, 0.29) is 0 Å². The van der Waals surface area contributed by atoms with Gasteiger partial charge in [-0.1, -0.05) is 63.3 Å². The Kier molecular flexibility index (Phi) is 8.13. The highest BCUT2D eigenvalue weighted by atomic mass is 16.5. The van der Waals surface area contributed by atoms with E-state index < -0.39 is 0 Å². The number of hydrogen-bond donors (Lipinski definition) is 0. The van der Waals surface area contributed by atoms with Crippen LogP contribution >= 0.6 is 0 Å². The molecule has 0 radical (unpaired) electrons. The second kappa shape index (κ2) is 11.7. The zero-order chi connectivity index (χ0) is 22.0. The number of hydrogen-bond acceptors (Lipinski definition) is 4. The van der Waals surface area contributed by atoms with Gasteiger partial charge in [-0.15, -0.1) is 0 Å². The lowest BCUT2D eigenvalue weighted by molar-refractivity contribution is 0.300. The van der Waals surface area contributed by atoms with Gasteiger partial charge in [-0.25, -0.2) is 9.97 Å². The van der Waals surface area contributed by atoms with E-state index in [2.05, 4.69) is 29.0 Å². The van der Waals surface area contributed by atoms with Crippen molar-refractivity contribution in [2.75, 3.05) is 13.2 Å². The lowest BCUT2D eigenvalue weighted by Crippen LogP contribution is -1.99.